The van der Waals surface area contributed by atoms with Crippen LogP contribution in [-0.2, 0) is 4.79 Å². The highest BCUT2D eigenvalue weighted by Gasteiger charge is 2.28. The van der Waals surface area contributed by atoms with Gasteiger partial charge in [-0.3, -0.25) is 4.79 Å². The molecule has 1 aromatic heterocycles. The Balaban J connectivity index is 1.99. The fourth-order valence-electron chi connectivity index (χ4n) is 1.99. The Morgan fingerprint density at radius 2 is 2.20 bits per heavy atom. The van der Waals surface area contributed by atoms with E-state index >= 15 is 0 Å². The summed E-state index contributed by atoms with van der Waals surface area (Å²) < 4.78 is 2.79. The first-order chi connectivity index (χ1) is 9.65. The molecule has 104 valence electrons. The van der Waals surface area contributed by atoms with Gasteiger partial charge in [-0.1, -0.05) is 23.9 Å². The summed E-state index contributed by atoms with van der Waals surface area (Å²) in [6.07, 6.45) is 2.35. The molecule has 6 heteroatoms. The van der Waals surface area contributed by atoms with Crippen molar-refractivity contribution in [2.45, 2.75) is 23.8 Å². The Kier molecular flexibility index (Phi) is 3.85. The quantitative estimate of drug-likeness (QED) is 0.833. The van der Waals surface area contributed by atoms with Gasteiger partial charge in [-0.2, -0.15) is 5.10 Å². The van der Waals surface area contributed by atoms with Crippen molar-refractivity contribution in [2.75, 3.05) is 5.75 Å². The number of hydrogen-bond acceptors (Lipinski definition) is 3. The van der Waals surface area contributed by atoms with Crippen LogP contribution in [0.5, 0.6) is 0 Å². The fraction of sp³-hybridized carbons (Fsp3) is 0.286. The molecule has 0 unspecified atom stereocenters. The van der Waals surface area contributed by atoms with E-state index < -0.39 is 5.97 Å². The molecule has 1 saturated carbocycles. The molecule has 20 heavy (non-hydrogen) atoms. The van der Waals surface area contributed by atoms with E-state index in [1.807, 2.05) is 35.0 Å². The van der Waals surface area contributed by atoms with Crippen LogP contribution in [0.3, 0.4) is 0 Å². The number of benzene rings is 1. The first kappa shape index (κ1) is 13.7. The van der Waals surface area contributed by atoms with Crippen LogP contribution in [0.25, 0.3) is 5.69 Å². The second-order valence-electron chi connectivity index (χ2n) is 4.73. The van der Waals surface area contributed by atoms with Gasteiger partial charge in [-0.15, -0.1) is 0 Å². The van der Waals surface area contributed by atoms with Crippen molar-refractivity contribution in [3.63, 3.8) is 0 Å². The number of halogens is 1. The summed E-state index contributed by atoms with van der Waals surface area (Å²) in [6.45, 7) is 0. The summed E-state index contributed by atoms with van der Waals surface area (Å²) >= 11 is 4.83. The van der Waals surface area contributed by atoms with Crippen LogP contribution in [0, 0.1) is 0 Å². The van der Waals surface area contributed by atoms with Gasteiger partial charge in [0.2, 0.25) is 0 Å². The lowest BCUT2D eigenvalue weighted by molar-refractivity contribution is -0.133. The Labute approximate surface area is 129 Å². The van der Waals surface area contributed by atoms with E-state index in [9.17, 15) is 4.79 Å². The average Bonchev–Trinajstić information content (AvgIpc) is 3.18. The molecule has 0 aliphatic heterocycles. The van der Waals surface area contributed by atoms with Gasteiger partial charge >= 0.3 is 5.97 Å². The van der Waals surface area contributed by atoms with Crippen molar-refractivity contribution in [2.24, 2.45) is 0 Å². The molecule has 1 aromatic carbocycles. The first-order valence-electron chi connectivity index (χ1n) is 6.34. The van der Waals surface area contributed by atoms with Gasteiger partial charge in [0, 0.05) is 10.4 Å². The van der Waals surface area contributed by atoms with Crippen molar-refractivity contribution in [3.05, 3.63) is 40.5 Å². The minimum atomic E-state index is -0.817. The zero-order valence-electron chi connectivity index (χ0n) is 10.6. The van der Waals surface area contributed by atoms with Crippen LogP contribution >= 0.6 is 27.7 Å². The van der Waals surface area contributed by atoms with Gasteiger partial charge < -0.3 is 5.11 Å². The zero-order chi connectivity index (χ0) is 14.1. The maximum Gasteiger partial charge on any atom is 0.313 e. The van der Waals surface area contributed by atoms with Crippen molar-refractivity contribution >= 4 is 33.7 Å². The van der Waals surface area contributed by atoms with Crippen molar-refractivity contribution < 1.29 is 9.90 Å². The first-order valence-corrected chi connectivity index (χ1v) is 8.12. The number of rotatable bonds is 5. The van der Waals surface area contributed by atoms with E-state index in [1.54, 1.807) is 0 Å². The van der Waals surface area contributed by atoms with Crippen molar-refractivity contribution in [1.29, 1.82) is 0 Å². The summed E-state index contributed by atoms with van der Waals surface area (Å²) in [6, 6.07) is 9.84. The molecule has 0 spiro atoms. The molecule has 4 nitrogen and oxygen atoms in total. The van der Waals surface area contributed by atoms with Crippen LogP contribution in [0.4, 0.5) is 0 Å². The molecule has 1 aliphatic carbocycles. The van der Waals surface area contributed by atoms with Crippen LogP contribution in [0.2, 0.25) is 0 Å². The highest BCUT2D eigenvalue weighted by atomic mass is 79.9. The van der Waals surface area contributed by atoms with E-state index in [-0.39, 0.29) is 5.75 Å². The molecule has 1 heterocycles. The molecule has 3 rings (SSSR count). The van der Waals surface area contributed by atoms with Gasteiger partial charge in [0.05, 0.1) is 17.1 Å². The maximum absolute atomic E-state index is 10.8. The molecule has 0 bridgehead atoms. The molecule has 1 aliphatic rings. The van der Waals surface area contributed by atoms with Gasteiger partial charge in [-0.05, 0) is 47.0 Å². The number of nitrogens with zero attached hydrogens (tertiary/aromatic N) is 2. The monoisotopic (exact) mass is 352 g/mol. The Hall–Kier alpha value is -1.27. The molecule has 0 radical (unpaired) electrons. The van der Waals surface area contributed by atoms with Crippen LogP contribution < -0.4 is 0 Å². The Morgan fingerprint density at radius 3 is 2.85 bits per heavy atom. The molecule has 0 amide bonds. The summed E-state index contributed by atoms with van der Waals surface area (Å²) in [5.74, 6) is -0.231. The second-order valence-corrected chi connectivity index (χ2v) is 6.58. The molecular weight excluding hydrogens is 340 g/mol. The SMILES string of the molecule is O=C(O)CSc1cc(C2CC2)nn1-c1ccccc1Br. The summed E-state index contributed by atoms with van der Waals surface area (Å²) in [5, 5.41) is 14.4. The van der Waals surface area contributed by atoms with Gasteiger partial charge in [0.15, 0.2) is 0 Å². The molecule has 1 fully saturated rings. The third-order valence-electron chi connectivity index (χ3n) is 3.12. The lowest BCUT2D eigenvalue weighted by atomic mass is 10.3. The third kappa shape index (κ3) is 2.91. The minimum Gasteiger partial charge on any atom is -0.481 e. The zero-order valence-corrected chi connectivity index (χ0v) is 13.0. The van der Waals surface area contributed by atoms with E-state index in [2.05, 4.69) is 21.0 Å². The molecule has 1 N–H and O–H groups in total. The maximum atomic E-state index is 10.8. The van der Waals surface area contributed by atoms with E-state index in [0.717, 1.165) is 20.9 Å². The van der Waals surface area contributed by atoms with E-state index in [0.29, 0.717) is 5.92 Å². The summed E-state index contributed by atoms with van der Waals surface area (Å²) in [7, 11) is 0. The summed E-state index contributed by atoms with van der Waals surface area (Å²) in [5.41, 5.74) is 2.00. The number of aromatic nitrogens is 2. The minimum absolute atomic E-state index is 0.0419. The predicted molar refractivity (Wildman–Crippen MR) is 81.6 cm³/mol. The molecule has 0 atom stereocenters. The topological polar surface area (TPSA) is 55.1 Å². The normalized spacial score (nSPS) is 14.4. The van der Waals surface area contributed by atoms with Crippen molar-refractivity contribution in [1.82, 2.24) is 9.78 Å². The number of hydrogen-bond donors (Lipinski definition) is 1. The molecular formula is C14H13BrN2O2S. The van der Waals surface area contributed by atoms with E-state index in [1.165, 1.54) is 24.6 Å². The number of thioether (sulfide) groups is 1. The average molecular weight is 353 g/mol. The summed E-state index contributed by atoms with van der Waals surface area (Å²) in [4.78, 5) is 10.8. The van der Waals surface area contributed by atoms with E-state index in [4.69, 9.17) is 5.11 Å². The van der Waals surface area contributed by atoms with Crippen molar-refractivity contribution in [3.8, 4) is 5.69 Å². The Bertz CT molecular complexity index is 652. The Morgan fingerprint density at radius 1 is 1.45 bits per heavy atom. The number of carboxylic acid groups (broad SMARTS) is 1. The predicted octanol–water partition coefficient (Wildman–Crippen LogP) is 3.69. The van der Waals surface area contributed by atoms with Crippen LogP contribution in [0.15, 0.2) is 39.8 Å². The third-order valence-corrected chi connectivity index (χ3v) is 4.76. The number of carbonyl (C=O) groups is 1. The smallest absolute Gasteiger partial charge is 0.313 e. The molecule has 0 saturated heterocycles. The lowest BCUT2D eigenvalue weighted by Crippen LogP contribution is -2.03. The van der Waals surface area contributed by atoms with Crippen LogP contribution in [0.1, 0.15) is 24.5 Å². The second kappa shape index (κ2) is 5.61. The lowest BCUT2D eigenvalue weighted by Gasteiger charge is -2.08. The van der Waals surface area contributed by atoms with Gasteiger partial charge in [0.1, 0.15) is 5.03 Å². The standard InChI is InChI=1S/C14H13BrN2O2S/c15-10-3-1-2-4-12(10)17-13(20-8-14(18)19)7-11(16-17)9-5-6-9/h1-4,7,9H,5-6,8H2,(H,18,19). The number of aliphatic carboxylic acids is 1. The fourth-order valence-corrected chi connectivity index (χ4v) is 3.18. The largest absolute Gasteiger partial charge is 0.481 e. The number of carboxylic acids is 1. The van der Waals surface area contributed by atoms with Gasteiger partial charge in [0.25, 0.3) is 0 Å². The van der Waals surface area contributed by atoms with Gasteiger partial charge in [-0.25, -0.2) is 4.68 Å². The highest BCUT2D eigenvalue weighted by Crippen LogP contribution is 2.41. The molecule has 2 aromatic rings. The number of para-hydroxylation sites is 1. The highest BCUT2D eigenvalue weighted by molar-refractivity contribution is 9.10. The van der Waals surface area contributed by atoms with Crippen LogP contribution in [-0.4, -0.2) is 26.6 Å².